The zero-order valence-corrected chi connectivity index (χ0v) is 14.5. The summed E-state index contributed by atoms with van der Waals surface area (Å²) in [5, 5.41) is 0. The first kappa shape index (κ1) is 15.9. The minimum Gasteiger partial charge on any atom is -0.294 e. The molecule has 0 unspecified atom stereocenters. The molecule has 0 spiro atoms. The van der Waals surface area contributed by atoms with Crippen LogP contribution in [0, 0.1) is 0 Å². The van der Waals surface area contributed by atoms with Crippen molar-refractivity contribution in [1.29, 1.82) is 0 Å². The molecule has 0 atom stereocenters. The van der Waals surface area contributed by atoms with Gasteiger partial charge in [-0.1, -0.05) is 61.7 Å². The highest BCUT2D eigenvalue weighted by Gasteiger charge is 2.15. The molecule has 3 nitrogen and oxygen atoms in total. The molecule has 0 radical (unpaired) electrons. The van der Waals surface area contributed by atoms with Gasteiger partial charge in [-0.05, 0) is 42.0 Å². The molecule has 1 aliphatic carbocycles. The number of aromatic nitrogens is 2. The van der Waals surface area contributed by atoms with E-state index in [4.69, 9.17) is 0 Å². The average molecular weight is 332 g/mol. The van der Waals surface area contributed by atoms with Gasteiger partial charge in [0, 0.05) is 12.4 Å². The van der Waals surface area contributed by atoms with Crippen LogP contribution < -0.4 is 5.69 Å². The van der Waals surface area contributed by atoms with Gasteiger partial charge in [0.05, 0.1) is 12.2 Å². The summed E-state index contributed by atoms with van der Waals surface area (Å²) in [6.45, 7) is 0.615. The summed E-state index contributed by atoms with van der Waals surface area (Å²) in [5.74, 6) is 0.727. The molecule has 1 saturated carbocycles. The molecule has 0 amide bonds. The van der Waals surface area contributed by atoms with Crippen LogP contribution in [0.15, 0.2) is 71.8 Å². The largest absolute Gasteiger partial charge is 0.333 e. The average Bonchev–Trinajstić information content (AvgIpc) is 3.04. The zero-order chi connectivity index (χ0) is 17.1. The van der Waals surface area contributed by atoms with Gasteiger partial charge in [0.2, 0.25) is 0 Å². The Hall–Kier alpha value is -2.55. The number of benzene rings is 2. The Bertz CT molecular complexity index is 868. The maximum absolute atomic E-state index is 12.6. The van der Waals surface area contributed by atoms with E-state index in [2.05, 4.69) is 24.3 Å². The Balaban J connectivity index is 1.51. The van der Waals surface area contributed by atoms with Crippen LogP contribution in [0.5, 0.6) is 0 Å². The highest BCUT2D eigenvalue weighted by Crippen LogP contribution is 2.32. The van der Waals surface area contributed by atoms with Crippen molar-refractivity contribution in [2.45, 2.75) is 44.6 Å². The van der Waals surface area contributed by atoms with E-state index in [-0.39, 0.29) is 5.69 Å². The second-order valence-corrected chi connectivity index (χ2v) is 6.99. The Morgan fingerprint density at radius 1 is 0.840 bits per heavy atom. The monoisotopic (exact) mass is 332 g/mol. The first-order valence-corrected chi connectivity index (χ1v) is 9.23. The maximum atomic E-state index is 12.6. The van der Waals surface area contributed by atoms with Gasteiger partial charge in [0.25, 0.3) is 0 Å². The van der Waals surface area contributed by atoms with E-state index in [1.54, 1.807) is 9.13 Å². The Morgan fingerprint density at radius 3 is 2.28 bits per heavy atom. The van der Waals surface area contributed by atoms with Crippen LogP contribution in [0.3, 0.4) is 0 Å². The van der Waals surface area contributed by atoms with Crippen molar-refractivity contribution in [2.75, 3.05) is 0 Å². The van der Waals surface area contributed by atoms with Gasteiger partial charge in [-0.2, -0.15) is 0 Å². The van der Waals surface area contributed by atoms with E-state index >= 15 is 0 Å². The number of imidazole rings is 1. The van der Waals surface area contributed by atoms with Crippen molar-refractivity contribution in [3.63, 3.8) is 0 Å². The Kier molecular flexibility index (Phi) is 4.55. The molecule has 128 valence electrons. The normalized spacial score (nSPS) is 15.4. The van der Waals surface area contributed by atoms with Crippen molar-refractivity contribution >= 4 is 0 Å². The van der Waals surface area contributed by atoms with E-state index < -0.39 is 0 Å². The lowest BCUT2D eigenvalue weighted by Gasteiger charge is -2.22. The topological polar surface area (TPSA) is 26.9 Å². The van der Waals surface area contributed by atoms with Gasteiger partial charge < -0.3 is 0 Å². The van der Waals surface area contributed by atoms with Crippen LogP contribution in [0.4, 0.5) is 0 Å². The molecular formula is C22H24N2O. The standard InChI is InChI=1S/C22H24N2O/c25-22-23(15-16-24(22)21-9-5-2-6-10-21)17-18-11-13-20(14-12-18)19-7-3-1-4-8-19/h2,5-6,9-16,19H,1,3-4,7-8,17H2. The highest BCUT2D eigenvalue weighted by atomic mass is 16.1. The minimum absolute atomic E-state index is 0.00237. The lowest BCUT2D eigenvalue weighted by Crippen LogP contribution is -2.23. The summed E-state index contributed by atoms with van der Waals surface area (Å²) in [4.78, 5) is 12.6. The molecule has 0 N–H and O–H groups in total. The third-order valence-electron chi connectivity index (χ3n) is 5.29. The van der Waals surface area contributed by atoms with Crippen molar-refractivity contribution < 1.29 is 0 Å². The van der Waals surface area contributed by atoms with Crippen LogP contribution in [-0.2, 0) is 6.54 Å². The van der Waals surface area contributed by atoms with Crippen molar-refractivity contribution in [3.05, 3.63) is 88.6 Å². The third kappa shape index (κ3) is 3.46. The summed E-state index contributed by atoms with van der Waals surface area (Å²) in [5.41, 5.74) is 3.53. The van der Waals surface area contributed by atoms with Gasteiger partial charge >= 0.3 is 5.69 Å². The molecule has 0 aliphatic heterocycles. The second kappa shape index (κ2) is 7.14. The van der Waals surface area contributed by atoms with Crippen LogP contribution >= 0.6 is 0 Å². The Morgan fingerprint density at radius 2 is 1.56 bits per heavy atom. The number of nitrogens with zero attached hydrogens (tertiary/aromatic N) is 2. The minimum atomic E-state index is 0.00237. The van der Waals surface area contributed by atoms with Gasteiger partial charge in [-0.15, -0.1) is 0 Å². The van der Waals surface area contributed by atoms with E-state index in [1.807, 2.05) is 42.7 Å². The van der Waals surface area contributed by atoms with Crippen molar-refractivity contribution in [1.82, 2.24) is 9.13 Å². The van der Waals surface area contributed by atoms with E-state index in [9.17, 15) is 4.79 Å². The quantitative estimate of drug-likeness (QED) is 0.678. The predicted octanol–water partition coefficient (Wildman–Crippen LogP) is 4.74. The molecule has 4 rings (SSSR count). The molecule has 1 aliphatic rings. The molecule has 1 heterocycles. The summed E-state index contributed by atoms with van der Waals surface area (Å²) in [6, 6.07) is 18.6. The van der Waals surface area contributed by atoms with Crippen LogP contribution in [0.1, 0.15) is 49.1 Å². The zero-order valence-electron chi connectivity index (χ0n) is 14.5. The van der Waals surface area contributed by atoms with Crippen molar-refractivity contribution in [2.24, 2.45) is 0 Å². The molecule has 2 aromatic carbocycles. The first-order valence-electron chi connectivity index (χ1n) is 9.23. The number of hydrogen-bond donors (Lipinski definition) is 0. The number of hydrogen-bond acceptors (Lipinski definition) is 1. The van der Waals surface area contributed by atoms with E-state index in [1.165, 1.54) is 43.2 Å². The maximum Gasteiger partial charge on any atom is 0.333 e. The SMILES string of the molecule is O=c1n(Cc2ccc(C3CCCCC3)cc2)ccn1-c1ccccc1. The van der Waals surface area contributed by atoms with E-state index in [0.29, 0.717) is 6.54 Å². The van der Waals surface area contributed by atoms with Crippen LogP contribution in [0.2, 0.25) is 0 Å². The number of para-hydroxylation sites is 1. The van der Waals surface area contributed by atoms with Gasteiger partial charge in [-0.25, -0.2) is 4.79 Å². The predicted molar refractivity (Wildman–Crippen MR) is 101 cm³/mol. The molecule has 0 saturated heterocycles. The fraction of sp³-hybridized carbons (Fsp3) is 0.318. The molecule has 0 bridgehead atoms. The molecule has 1 aromatic heterocycles. The third-order valence-corrected chi connectivity index (χ3v) is 5.29. The molecule has 3 heteroatoms. The van der Waals surface area contributed by atoms with Crippen molar-refractivity contribution in [3.8, 4) is 5.69 Å². The van der Waals surface area contributed by atoms with E-state index in [0.717, 1.165) is 11.6 Å². The van der Waals surface area contributed by atoms with Crippen LogP contribution in [-0.4, -0.2) is 9.13 Å². The fourth-order valence-corrected chi connectivity index (χ4v) is 3.85. The summed E-state index contributed by atoms with van der Waals surface area (Å²) < 4.78 is 3.46. The lowest BCUT2D eigenvalue weighted by atomic mass is 9.84. The fourth-order valence-electron chi connectivity index (χ4n) is 3.85. The molecule has 3 aromatic rings. The lowest BCUT2D eigenvalue weighted by molar-refractivity contribution is 0.443. The van der Waals surface area contributed by atoms with Gasteiger partial charge in [0.15, 0.2) is 0 Å². The highest BCUT2D eigenvalue weighted by molar-refractivity contribution is 5.31. The smallest absolute Gasteiger partial charge is 0.294 e. The molecular weight excluding hydrogens is 308 g/mol. The molecule has 25 heavy (non-hydrogen) atoms. The second-order valence-electron chi connectivity index (χ2n) is 6.99. The Labute approximate surface area is 148 Å². The molecule has 1 fully saturated rings. The number of rotatable bonds is 4. The van der Waals surface area contributed by atoms with Crippen LogP contribution in [0.25, 0.3) is 5.69 Å². The summed E-state index contributed by atoms with van der Waals surface area (Å²) >= 11 is 0. The first-order chi connectivity index (χ1) is 12.3. The van der Waals surface area contributed by atoms with Gasteiger partial charge in [0.1, 0.15) is 0 Å². The summed E-state index contributed by atoms with van der Waals surface area (Å²) in [7, 11) is 0. The summed E-state index contributed by atoms with van der Waals surface area (Å²) in [6.07, 6.45) is 10.4. The van der Waals surface area contributed by atoms with Gasteiger partial charge in [-0.3, -0.25) is 9.13 Å².